The number of hydrogen-bond acceptors (Lipinski definition) is 22. The van der Waals surface area contributed by atoms with Crippen molar-refractivity contribution in [3.8, 4) is 6.01 Å². The number of esters is 1. The highest BCUT2D eigenvalue weighted by Gasteiger charge is 2.57. The second kappa shape index (κ2) is 25.1. The number of rotatable bonds is 12. The van der Waals surface area contributed by atoms with Gasteiger partial charge < -0.3 is 67.2 Å². The highest BCUT2D eigenvalue weighted by molar-refractivity contribution is 6.79. The molecule has 9 rings (SSSR count). The van der Waals surface area contributed by atoms with Crippen LogP contribution in [0, 0.1) is 17.5 Å². The summed E-state index contributed by atoms with van der Waals surface area (Å²) in [4.78, 5) is 65.0. The van der Waals surface area contributed by atoms with Gasteiger partial charge in [0.25, 0.3) is 0 Å². The Morgan fingerprint density at radius 2 is 1.15 bits per heavy atom. The minimum absolute atomic E-state index is 0.124. The maximum atomic E-state index is 14.5. The Morgan fingerprint density at radius 3 is 1.65 bits per heavy atom. The molecule has 3 aromatic heterocycles. The summed E-state index contributed by atoms with van der Waals surface area (Å²) in [5, 5.41) is 2.16. The van der Waals surface area contributed by atoms with E-state index in [4.69, 9.17) is 62.3 Å². The number of nitrogens with zero attached hydrogens (tertiary/aromatic N) is 6. The van der Waals surface area contributed by atoms with E-state index in [2.05, 4.69) is 49.9 Å². The van der Waals surface area contributed by atoms with Crippen LogP contribution in [-0.4, -0.2) is 143 Å². The van der Waals surface area contributed by atoms with Gasteiger partial charge in [0.15, 0.2) is 70.8 Å². The first kappa shape index (κ1) is 64.0. The molecule has 6 aliphatic rings. The molecule has 6 aliphatic heterocycles. The van der Waals surface area contributed by atoms with E-state index in [1.54, 1.807) is 34.6 Å². The van der Waals surface area contributed by atoms with Crippen LogP contribution in [0.1, 0.15) is 108 Å². The number of halogens is 3. The number of carbonyl (C=O) groups is 2. The van der Waals surface area contributed by atoms with E-state index in [1.807, 2.05) is 54.3 Å². The lowest BCUT2D eigenvalue weighted by Crippen LogP contribution is -2.36. The third-order valence-corrected chi connectivity index (χ3v) is 14.0. The lowest BCUT2D eigenvalue weighted by molar-refractivity contribution is -0.229. The molecule has 3 aromatic rings. The van der Waals surface area contributed by atoms with Crippen LogP contribution in [-0.2, 0) is 56.9 Å². The number of nitrogen functional groups attached to an aromatic ring is 1. The molecule has 6 saturated heterocycles. The van der Waals surface area contributed by atoms with Crippen LogP contribution in [0.15, 0.2) is 28.2 Å². The van der Waals surface area contributed by atoms with Crippen LogP contribution < -0.4 is 31.8 Å². The number of carbonyl (C=O) groups excluding carboxylic acids is 2. The van der Waals surface area contributed by atoms with E-state index in [1.165, 1.54) is 6.92 Å². The molecule has 9 heterocycles. The van der Waals surface area contributed by atoms with E-state index in [0.717, 1.165) is 40.6 Å². The number of amides is 1. The van der Waals surface area contributed by atoms with Crippen molar-refractivity contribution in [1.82, 2.24) is 29.1 Å². The smallest absolute Gasteiger partial charge is 0.412 e. The first-order chi connectivity index (χ1) is 37.0. The van der Waals surface area contributed by atoms with Crippen molar-refractivity contribution in [3.63, 3.8) is 0 Å². The molecule has 12 atom stereocenters. The highest BCUT2D eigenvalue weighted by atomic mass is 28.4. The number of hydrogen-bond donors (Lipinski definition) is 3. The first-order valence-corrected chi connectivity index (χ1v) is 33.3. The molecule has 30 heteroatoms. The number of fused-ring (bicyclic) bond motifs is 3. The maximum absolute atomic E-state index is 14.5. The van der Waals surface area contributed by atoms with Gasteiger partial charge in [-0.2, -0.15) is 15.0 Å². The van der Waals surface area contributed by atoms with Crippen molar-refractivity contribution in [1.29, 1.82) is 0 Å². The van der Waals surface area contributed by atoms with Gasteiger partial charge in [-0.1, -0.05) is 39.4 Å². The number of ether oxygens (including phenoxy) is 11. The molecule has 4 N–H and O–H groups in total. The predicted molar refractivity (Wildman–Crippen MR) is 285 cm³/mol. The highest BCUT2D eigenvalue weighted by Crippen LogP contribution is 2.44. The van der Waals surface area contributed by atoms with E-state index in [0.29, 0.717) is 6.42 Å². The van der Waals surface area contributed by atoms with Crippen LogP contribution in [0.25, 0.3) is 0 Å². The van der Waals surface area contributed by atoms with Gasteiger partial charge in [-0.05, 0) is 88.4 Å². The van der Waals surface area contributed by atoms with Crippen LogP contribution in [0.5, 0.6) is 6.01 Å². The Hall–Kier alpha value is -5.16. The molecule has 1 amide bonds. The predicted octanol–water partition coefficient (Wildman–Crippen LogP) is 6.85. The molecule has 25 nitrogen and oxygen atoms in total. The summed E-state index contributed by atoms with van der Waals surface area (Å²) < 4.78 is 110. The molecular weight excluding hydrogens is 1100 g/mol. The van der Waals surface area contributed by atoms with Gasteiger partial charge in [-0.25, -0.2) is 32.5 Å². The molecule has 6 fully saturated rings. The van der Waals surface area contributed by atoms with Gasteiger partial charge in [0.05, 0.1) is 43.5 Å². The Bertz CT molecular complexity index is 2790. The molecular formula is C50H78F3N9O16Si2. The summed E-state index contributed by atoms with van der Waals surface area (Å²) in [6.07, 6.45) is -0.494. The fourth-order valence-electron chi connectivity index (χ4n) is 9.14. The van der Waals surface area contributed by atoms with Gasteiger partial charge in [0.1, 0.15) is 38.8 Å². The monoisotopic (exact) mass is 1170 g/mol. The lowest BCUT2D eigenvalue weighted by Gasteiger charge is -2.24. The number of aromatic nitrogens is 6. The minimum atomic E-state index is -1.76. The maximum Gasteiger partial charge on any atom is 0.412 e. The van der Waals surface area contributed by atoms with Gasteiger partial charge in [-0.15, -0.1) is 0 Å². The van der Waals surface area contributed by atoms with Crippen LogP contribution in [0.2, 0.25) is 39.3 Å². The van der Waals surface area contributed by atoms with Gasteiger partial charge in [-0.3, -0.25) is 19.2 Å². The fourth-order valence-corrected chi connectivity index (χ4v) is 10.7. The minimum Gasteiger partial charge on any atom is -0.518 e. The van der Waals surface area contributed by atoms with E-state index >= 15 is 0 Å². The van der Waals surface area contributed by atoms with Crippen LogP contribution >= 0.6 is 0 Å². The number of unbranched alkanes of at least 4 members (excludes halogenated alkanes) is 2. The standard InChI is InChI=1S/C18H26FN3O6.C12H16FN3O4.C10H20FN3OSi2.C10H16O5/c1-5-6-7-8-25-17(24)21-14-11(19)9-22(16(23)20-14)15-13-12(10(2)26-15)27-18(3,4)28-13;1-5-7-8(20-12(2,3)19-7)10(18-5)16-4-6(13)9(14)15-11(16)17;1-16(2,3)14-9-8(11)7-12-10(13-9)15-17(4,5)6;1-5-7-8(15-10(3,4)14-7)9(12-5)13-6(2)11/h9-10,12-13,15H,5-8H2,1-4H3,(H,20,21,23,24);4-5,7-8,10H,1-3H3,(H2,14,15,17);7H,1-6H3,(H,12,13,14);5,7-9H,1-4H3/t10-,12?,13-,15-;5-,7?,8-,10-;;5-,7?,8-,9-/m11.1/s1. The van der Waals surface area contributed by atoms with Gasteiger partial charge in [0, 0.05) is 6.92 Å². The normalized spacial score (nSPS) is 29.3. The van der Waals surface area contributed by atoms with Crippen molar-refractivity contribution < 1.29 is 79.3 Å². The second-order valence-corrected chi connectivity index (χ2v) is 32.4. The van der Waals surface area contributed by atoms with Crippen molar-refractivity contribution >= 4 is 46.1 Å². The zero-order chi connectivity index (χ0) is 59.6. The average molecular weight is 1170 g/mol. The van der Waals surface area contributed by atoms with Crippen molar-refractivity contribution in [3.05, 3.63) is 57.0 Å². The molecule has 0 saturated carbocycles. The summed E-state index contributed by atoms with van der Waals surface area (Å²) in [6, 6.07) is 0.256. The van der Waals surface area contributed by atoms with Crippen molar-refractivity contribution in [2.75, 3.05) is 22.6 Å². The molecule has 0 radical (unpaired) electrons. The molecule has 0 aliphatic carbocycles. The SMILES string of the molecule is CC(=O)O[C@H]1O[C@H](C)C2OC(C)(C)O[C@H]21.CCCCCOC(=O)Nc1nc(=O)n([C@@H]2O[C@H](C)C3OC(C)(C)O[C@H]32)cc1F.C[C@H]1O[C@@H](n2cc(F)c(N)nc2=O)[C@@H]2OC(C)(C)OC21.C[Si](C)(C)Nc1nc(O[Si](C)(C)C)ncc1F. The Balaban J connectivity index is 0.000000177. The van der Waals surface area contributed by atoms with Crippen LogP contribution in [0.4, 0.5) is 35.4 Å². The van der Waals surface area contributed by atoms with Crippen molar-refractivity contribution in [2.45, 2.75) is 226 Å². The zero-order valence-electron chi connectivity index (χ0n) is 48.4. The van der Waals surface area contributed by atoms with Crippen LogP contribution in [0.3, 0.4) is 0 Å². The number of nitrogens with one attached hydrogen (secondary N) is 2. The largest absolute Gasteiger partial charge is 0.518 e. The van der Waals surface area contributed by atoms with E-state index in [9.17, 15) is 32.3 Å². The number of nitrogens with two attached hydrogens (primary N) is 1. The van der Waals surface area contributed by atoms with Gasteiger partial charge >= 0.3 is 29.5 Å². The summed E-state index contributed by atoms with van der Waals surface area (Å²) in [5.74, 6) is -5.38. The molecule has 0 spiro atoms. The molecule has 0 aromatic carbocycles. The average Bonchev–Trinajstić information content (AvgIpc) is 4.13. The third kappa shape index (κ3) is 16.7. The summed E-state index contributed by atoms with van der Waals surface area (Å²) in [5.41, 5.74) is 3.80. The summed E-state index contributed by atoms with van der Waals surface area (Å²) in [7, 11) is -3.40. The van der Waals surface area contributed by atoms with E-state index in [-0.39, 0.29) is 67.1 Å². The Kier molecular flexibility index (Phi) is 20.1. The number of anilines is 3. The second-order valence-electron chi connectivity index (χ2n) is 23.2. The van der Waals surface area contributed by atoms with E-state index < -0.39 is 111 Å². The van der Waals surface area contributed by atoms with Crippen molar-refractivity contribution in [2.24, 2.45) is 0 Å². The summed E-state index contributed by atoms with van der Waals surface area (Å²) >= 11 is 0. The Morgan fingerprint density at radius 1 is 0.675 bits per heavy atom. The third-order valence-electron chi connectivity index (χ3n) is 12.3. The quantitative estimate of drug-likeness (QED) is 0.0949. The zero-order valence-corrected chi connectivity index (χ0v) is 50.4. The van der Waals surface area contributed by atoms with Gasteiger partial charge in [0.2, 0.25) is 14.6 Å². The lowest BCUT2D eigenvalue weighted by atomic mass is 10.1. The Labute approximate surface area is 464 Å². The molecule has 448 valence electrons. The topological polar surface area (TPSA) is 291 Å². The molecule has 80 heavy (non-hydrogen) atoms. The first-order valence-electron chi connectivity index (χ1n) is 26.4. The molecule has 3 unspecified atom stereocenters. The molecule has 0 bridgehead atoms. The summed E-state index contributed by atoms with van der Waals surface area (Å²) in [6.45, 7) is 32.1. The fraction of sp³-hybridized carbons (Fsp3) is 0.720.